The molecule has 1 unspecified atom stereocenters. The monoisotopic (exact) mass is 425 g/mol. The molecule has 1 saturated heterocycles. The highest BCUT2D eigenvalue weighted by Gasteiger charge is 2.25. The number of aliphatic hydroxyl groups excluding tert-OH is 1. The summed E-state index contributed by atoms with van der Waals surface area (Å²) < 4.78 is 11.9. The number of aromatic nitrogens is 2. The van der Waals surface area contributed by atoms with E-state index in [9.17, 15) is 14.7 Å². The minimum Gasteiger partial charge on any atom is -0.496 e. The predicted octanol–water partition coefficient (Wildman–Crippen LogP) is 2.50. The number of β-amino-alcohol motifs (C(OH)–C–C–N with tert-alkyl or cyclic N) is 1. The van der Waals surface area contributed by atoms with Gasteiger partial charge in [-0.15, -0.1) is 0 Å². The van der Waals surface area contributed by atoms with E-state index in [-0.39, 0.29) is 11.7 Å². The van der Waals surface area contributed by atoms with Crippen molar-refractivity contribution in [3.63, 3.8) is 0 Å². The Balaban J connectivity index is 1.42. The summed E-state index contributed by atoms with van der Waals surface area (Å²) in [5.41, 5.74) is 2.63. The second-order valence-corrected chi connectivity index (χ2v) is 7.82. The highest BCUT2D eigenvalue weighted by molar-refractivity contribution is 5.92. The SMILES string of the molecule is COC(=O)c1cc(C(O)CN2CCC(n3c(=O)[nH]c4ccccc43)CC2)ccc1OC. The number of esters is 1. The standard InChI is InChI=1S/C23H27N3O5/c1-30-21-8-7-15(13-17(21)22(28)31-2)20(27)14-25-11-9-16(10-12-25)26-19-6-4-3-5-18(19)24-23(26)29/h3-8,13,16,20,27H,9-12,14H2,1-2H3,(H,24,29). The van der Waals surface area contributed by atoms with Crippen molar-refractivity contribution in [3.8, 4) is 5.75 Å². The van der Waals surface area contributed by atoms with Crippen molar-refractivity contribution in [3.05, 3.63) is 64.1 Å². The van der Waals surface area contributed by atoms with Crippen molar-refractivity contribution in [2.45, 2.75) is 25.0 Å². The highest BCUT2D eigenvalue weighted by Crippen LogP contribution is 2.28. The van der Waals surface area contributed by atoms with Crippen molar-refractivity contribution in [1.82, 2.24) is 14.5 Å². The van der Waals surface area contributed by atoms with Gasteiger partial charge in [-0.05, 0) is 42.7 Å². The van der Waals surface area contributed by atoms with Crippen LogP contribution in [0.4, 0.5) is 0 Å². The Morgan fingerprint density at radius 3 is 2.65 bits per heavy atom. The third-order valence-electron chi connectivity index (χ3n) is 5.99. The van der Waals surface area contributed by atoms with Crippen LogP contribution in [0, 0.1) is 0 Å². The number of H-pyrrole nitrogens is 1. The lowest BCUT2D eigenvalue weighted by molar-refractivity contribution is 0.0596. The fourth-order valence-electron chi connectivity index (χ4n) is 4.35. The number of ether oxygens (including phenoxy) is 2. The Morgan fingerprint density at radius 2 is 1.94 bits per heavy atom. The zero-order valence-corrected chi connectivity index (χ0v) is 17.7. The van der Waals surface area contributed by atoms with E-state index in [0.29, 0.717) is 23.4 Å². The third kappa shape index (κ3) is 4.22. The Morgan fingerprint density at radius 1 is 1.19 bits per heavy atom. The number of carbonyl (C=O) groups is 1. The molecule has 0 saturated carbocycles. The number of benzene rings is 2. The smallest absolute Gasteiger partial charge is 0.341 e. The zero-order valence-electron chi connectivity index (χ0n) is 17.7. The fraction of sp³-hybridized carbons (Fsp3) is 0.391. The number of nitrogens with one attached hydrogen (secondary N) is 1. The van der Waals surface area contributed by atoms with Crippen molar-refractivity contribution in [2.24, 2.45) is 0 Å². The molecule has 4 rings (SSSR count). The number of imidazole rings is 1. The first kappa shape index (κ1) is 21.1. The Hall–Kier alpha value is -3.10. The normalized spacial score (nSPS) is 16.4. The summed E-state index contributed by atoms with van der Waals surface area (Å²) in [5, 5.41) is 10.8. The van der Waals surface area contributed by atoms with Crippen molar-refractivity contribution in [2.75, 3.05) is 33.9 Å². The van der Waals surface area contributed by atoms with E-state index in [1.165, 1.54) is 14.2 Å². The van der Waals surface area contributed by atoms with Crippen LogP contribution >= 0.6 is 0 Å². The van der Waals surface area contributed by atoms with E-state index in [2.05, 4.69) is 9.88 Å². The van der Waals surface area contributed by atoms with Crippen LogP contribution in [0.15, 0.2) is 47.3 Å². The summed E-state index contributed by atoms with van der Waals surface area (Å²) in [6.07, 6.45) is 0.899. The van der Waals surface area contributed by atoms with E-state index in [0.717, 1.165) is 37.0 Å². The predicted molar refractivity (Wildman–Crippen MR) is 117 cm³/mol. The number of nitrogens with zero attached hydrogens (tertiary/aromatic N) is 2. The maximum Gasteiger partial charge on any atom is 0.341 e. The van der Waals surface area contributed by atoms with Crippen LogP contribution in [0.2, 0.25) is 0 Å². The summed E-state index contributed by atoms with van der Waals surface area (Å²) in [7, 11) is 2.80. The topological polar surface area (TPSA) is 96.8 Å². The molecule has 0 amide bonds. The lowest BCUT2D eigenvalue weighted by atomic mass is 10.0. The number of aromatic amines is 1. The number of rotatable bonds is 6. The Bertz CT molecular complexity index is 1130. The summed E-state index contributed by atoms with van der Waals surface area (Å²) in [4.78, 5) is 29.6. The van der Waals surface area contributed by atoms with Crippen LogP contribution in [-0.4, -0.2) is 59.4 Å². The fourth-order valence-corrected chi connectivity index (χ4v) is 4.35. The summed E-state index contributed by atoms with van der Waals surface area (Å²) >= 11 is 0. The summed E-state index contributed by atoms with van der Waals surface area (Å²) in [6, 6.07) is 12.9. The van der Waals surface area contributed by atoms with Gasteiger partial charge in [0.15, 0.2) is 0 Å². The van der Waals surface area contributed by atoms with Crippen LogP contribution in [0.5, 0.6) is 5.75 Å². The third-order valence-corrected chi connectivity index (χ3v) is 5.99. The average molecular weight is 425 g/mol. The molecule has 0 aliphatic carbocycles. The van der Waals surface area contributed by atoms with E-state index in [4.69, 9.17) is 9.47 Å². The molecule has 1 fully saturated rings. The number of aliphatic hydroxyl groups is 1. The molecule has 8 heteroatoms. The van der Waals surface area contributed by atoms with Crippen LogP contribution < -0.4 is 10.4 Å². The van der Waals surface area contributed by atoms with Crippen molar-refractivity contribution >= 4 is 17.0 Å². The van der Waals surface area contributed by atoms with E-state index in [1.807, 2.05) is 28.8 Å². The van der Waals surface area contributed by atoms with Crippen molar-refractivity contribution < 1.29 is 19.4 Å². The van der Waals surface area contributed by atoms with Crippen LogP contribution in [-0.2, 0) is 4.74 Å². The number of methoxy groups -OCH3 is 2. The maximum absolute atomic E-state index is 12.5. The molecule has 31 heavy (non-hydrogen) atoms. The van der Waals surface area contributed by atoms with Gasteiger partial charge in [0.1, 0.15) is 11.3 Å². The lowest BCUT2D eigenvalue weighted by Crippen LogP contribution is -2.39. The molecule has 164 valence electrons. The molecule has 8 nitrogen and oxygen atoms in total. The number of carbonyl (C=O) groups excluding carboxylic acids is 1. The van der Waals surface area contributed by atoms with Gasteiger partial charge in [-0.2, -0.15) is 0 Å². The molecule has 3 aromatic rings. The molecule has 2 aromatic carbocycles. The molecule has 2 heterocycles. The Kier molecular flexibility index (Phi) is 6.11. The number of likely N-dealkylation sites (tertiary alicyclic amines) is 1. The van der Waals surface area contributed by atoms with Gasteiger partial charge in [0, 0.05) is 25.7 Å². The number of para-hydroxylation sites is 2. The molecular weight excluding hydrogens is 398 g/mol. The molecule has 1 aromatic heterocycles. The zero-order chi connectivity index (χ0) is 22.0. The van der Waals surface area contributed by atoms with E-state index in [1.54, 1.807) is 18.2 Å². The van der Waals surface area contributed by atoms with Crippen LogP contribution in [0.25, 0.3) is 11.0 Å². The first-order valence-corrected chi connectivity index (χ1v) is 10.4. The molecule has 2 N–H and O–H groups in total. The van der Waals surface area contributed by atoms with Gasteiger partial charge < -0.3 is 24.5 Å². The molecular formula is C23H27N3O5. The second kappa shape index (κ2) is 8.95. The molecule has 1 aliphatic heterocycles. The summed E-state index contributed by atoms with van der Waals surface area (Å²) in [5.74, 6) is -0.0938. The molecule has 0 bridgehead atoms. The minimum atomic E-state index is -0.748. The van der Waals surface area contributed by atoms with Crippen LogP contribution in [0.3, 0.4) is 0 Å². The van der Waals surface area contributed by atoms with Gasteiger partial charge in [-0.1, -0.05) is 18.2 Å². The largest absolute Gasteiger partial charge is 0.496 e. The molecule has 0 radical (unpaired) electrons. The van der Waals surface area contributed by atoms with E-state index >= 15 is 0 Å². The molecule has 1 aliphatic rings. The molecule has 0 spiro atoms. The first-order valence-electron chi connectivity index (χ1n) is 10.4. The van der Waals surface area contributed by atoms with Gasteiger partial charge in [-0.25, -0.2) is 9.59 Å². The number of piperidine rings is 1. The van der Waals surface area contributed by atoms with Crippen LogP contribution in [0.1, 0.15) is 40.9 Å². The highest BCUT2D eigenvalue weighted by atomic mass is 16.5. The molecule has 1 atom stereocenters. The minimum absolute atomic E-state index is 0.0757. The van der Waals surface area contributed by atoms with Gasteiger partial charge in [0.25, 0.3) is 0 Å². The number of hydrogen-bond acceptors (Lipinski definition) is 6. The van der Waals surface area contributed by atoms with Crippen molar-refractivity contribution in [1.29, 1.82) is 0 Å². The quantitative estimate of drug-likeness (QED) is 0.589. The number of fused-ring (bicyclic) bond motifs is 1. The van der Waals surface area contributed by atoms with Gasteiger partial charge in [-0.3, -0.25) is 4.57 Å². The van der Waals surface area contributed by atoms with Gasteiger partial charge >= 0.3 is 11.7 Å². The average Bonchev–Trinajstić information content (AvgIpc) is 3.14. The van der Waals surface area contributed by atoms with Gasteiger partial charge in [0.2, 0.25) is 0 Å². The van der Waals surface area contributed by atoms with Gasteiger partial charge in [0.05, 0.1) is 31.4 Å². The Labute approximate surface area is 180 Å². The van der Waals surface area contributed by atoms with E-state index < -0.39 is 12.1 Å². The lowest BCUT2D eigenvalue weighted by Gasteiger charge is -2.33. The first-order chi connectivity index (χ1) is 15.0. The maximum atomic E-state index is 12.5. The second-order valence-electron chi connectivity index (χ2n) is 7.82. The summed E-state index contributed by atoms with van der Waals surface area (Å²) in [6.45, 7) is 1.99. The number of hydrogen-bond donors (Lipinski definition) is 2.